The van der Waals surface area contributed by atoms with Gasteiger partial charge >= 0.3 is 0 Å². The Labute approximate surface area is 220 Å². The van der Waals surface area contributed by atoms with Gasteiger partial charge in [-0.1, -0.05) is 54.1 Å². The van der Waals surface area contributed by atoms with Crippen LogP contribution in [-0.4, -0.2) is 36.3 Å². The molecule has 2 unspecified atom stereocenters. The van der Waals surface area contributed by atoms with Crippen molar-refractivity contribution in [1.29, 1.82) is 0 Å². The maximum Gasteiger partial charge on any atom is 0.162 e. The molecule has 8 heteroatoms. The Morgan fingerprint density at radius 1 is 1.08 bits per heavy atom. The van der Waals surface area contributed by atoms with Crippen LogP contribution >= 0.6 is 22.9 Å². The molecule has 0 aliphatic carbocycles. The first-order valence-corrected chi connectivity index (χ1v) is 13.2. The average Bonchev–Trinajstić information content (AvgIpc) is 3.37. The zero-order valence-corrected chi connectivity index (χ0v) is 22.3. The predicted octanol–water partition coefficient (Wildman–Crippen LogP) is 5.79. The van der Waals surface area contributed by atoms with Crippen molar-refractivity contribution in [3.63, 3.8) is 0 Å². The van der Waals surface area contributed by atoms with Crippen molar-refractivity contribution in [2.75, 3.05) is 0 Å². The minimum Gasteiger partial charge on any atom is -0.390 e. The van der Waals surface area contributed by atoms with Crippen LogP contribution in [0.1, 0.15) is 71.7 Å². The summed E-state index contributed by atoms with van der Waals surface area (Å²) in [6.45, 7) is 7.54. The summed E-state index contributed by atoms with van der Waals surface area (Å²) in [5, 5.41) is 31.5. The molecule has 1 aliphatic heterocycles. The second kappa shape index (κ2) is 9.56. The second-order valence-electron chi connectivity index (χ2n) is 9.96. The largest absolute Gasteiger partial charge is 0.390 e. The number of thiophene rings is 1. The molecule has 2 aromatic heterocycles. The van der Waals surface area contributed by atoms with E-state index in [2.05, 4.69) is 20.8 Å². The Balaban J connectivity index is 1.51. The molecular formula is C28H29ClN4O2S. The van der Waals surface area contributed by atoms with Gasteiger partial charge in [0, 0.05) is 33.9 Å². The third-order valence-electron chi connectivity index (χ3n) is 6.29. The Morgan fingerprint density at radius 2 is 1.81 bits per heavy atom. The first kappa shape index (κ1) is 24.8. The number of aromatic nitrogens is 3. The molecule has 3 heterocycles. The van der Waals surface area contributed by atoms with Gasteiger partial charge in [-0.3, -0.25) is 9.56 Å². The molecule has 0 bridgehead atoms. The number of hydrogen-bond acceptors (Lipinski definition) is 6. The zero-order chi connectivity index (χ0) is 25.6. The molecule has 1 aliphatic rings. The normalized spacial score (nSPS) is 16.2. The molecule has 0 saturated heterocycles. The third-order valence-corrected chi connectivity index (χ3v) is 7.76. The van der Waals surface area contributed by atoms with E-state index < -0.39 is 11.7 Å². The molecule has 2 atom stereocenters. The van der Waals surface area contributed by atoms with Gasteiger partial charge in [-0.05, 0) is 51.0 Å². The molecule has 36 heavy (non-hydrogen) atoms. The van der Waals surface area contributed by atoms with Gasteiger partial charge in [-0.25, -0.2) is 0 Å². The van der Waals surface area contributed by atoms with Gasteiger partial charge in [0.15, 0.2) is 5.82 Å². The number of hydrogen-bond donors (Lipinski definition) is 2. The summed E-state index contributed by atoms with van der Waals surface area (Å²) in [5.41, 5.74) is 3.76. The van der Waals surface area contributed by atoms with Crippen LogP contribution in [0.3, 0.4) is 0 Å². The van der Waals surface area contributed by atoms with E-state index in [1.165, 1.54) is 0 Å². The van der Waals surface area contributed by atoms with E-state index in [1.807, 2.05) is 62.4 Å². The summed E-state index contributed by atoms with van der Waals surface area (Å²) in [7, 11) is 0. The van der Waals surface area contributed by atoms with Crippen LogP contribution in [0.15, 0.2) is 59.6 Å². The maximum atomic E-state index is 11.1. The Morgan fingerprint density at radius 3 is 2.50 bits per heavy atom. The smallest absolute Gasteiger partial charge is 0.162 e. The van der Waals surface area contributed by atoms with Crippen molar-refractivity contribution in [2.45, 2.75) is 58.3 Å². The van der Waals surface area contributed by atoms with E-state index in [9.17, 15) is 10.2 Å². The van der Waals surface area contributed by atoms with Crippen LogP contribution in [0, 0.1) is 6.92 Å². The number of halogens is 1. The molecule has 0 fully saturated rings. The fourth-order valence-electron chi connectivity index (χ4n) is 4.62. The molecule has 0 radical (unpaired) electrons. The number of nitrogens with zero attached hydrogens (tertiary/aromatic N) is 4. The topological polar surface area (TPSA) is 83.5 Å². The van der Waals surface area contributed by atoms with Crippen LogP contribution in [0.5, 0.6) is 0 Å². The van der Waals surface area contributed by atoms with E-state index in [0.29, 0.717) is 17.9 Å². The van der Waals surface area contributed by atoms with Gasteiger partial charge in [-0.2, -0.15) is 0 Å². The minimum atomic E-state index is -0.771. The van der Waals surface area contributed by atoms with E-state index in [-0.39, 0.29) is 6.04 Å². The predicted molar refractivity (Wildman–Crippen MR) is 145 cm³/mol. The fourth-order valence-corrected chi connectivity index (χ4v) is 6.10. The van der Waals surface area contributed by atoms with Gasteiger partial charge in [0.25, 0.3) is 0 Å². The van der Waals surface area contributed by atoms with E-state index in [0.717, 1.165) is 49.5 Å². The molecule has 2 N–H and O–H groups in total. The van der Waals surface area contributed by atoms with Crippen molar-refractivity contribution in [2.24, 2.45) is 4.99 Å². The molecular weight excluding hydrogens is 492 g/mol. The quantitative estimate of drug-likeness (QED) is 0.337. The van der Waals surface area contributed by atoms with Crippen LogP contribution in [0.25, 0.3) is 5.00 Å². The van der Waals surface area contributed by atoms with E-state index >= 15 is 0 Å². The molecule has 0 saturated carbocycles. The van der Waals surface area contributed by atoms with Gasteiger partial charge in [-0.15, -0.1) is 21.5 Å². The summed E-state index contributed by atoms with van der Waals surface area (Å²) in [4.78, 5) is 6.05. The maximum absolute atomic E-state index is 11.1. The van der Waals surface area contributed by atoms with Gasteiger partial charge in [0.1, 0.15) is 16.9 Å². The Kier molecular flexibility index (Phi) is 6.59. The number of benzene rings is 2. The second-order valence-corrected chi connectivity index (χ2v) is 11.5. The standard InChI is InChI=1S/C28H29ClN4O2S/c1-16-26-32-31-17(2)33(26)27-22(25(30-16)21-7-5-6-8-23(21)29)13-20(36-27)14-24(34)19-11-9-18(10-12-19)15-28(3,4)35/h5-13,16,24,34-35H,14-15H2,1-4H3. The lowest BCUT2D eigenvalue weighted by Gasteiger charge is -2.17. The SMILES string of the molecule is Cc1nnc2n1-c1sc(CC(O)c3ccc(CC(C)(C)O)cc3)cc1C(c1ccccc1Cl)=NC2C. The lowest BCUT2D eigenvalue weighted by atomic mass is 9.96. The Bertz CT molecular complexity index is 1430. The number of rotatable bonds is 6. The Hall–Kier alpha value is -2.84. The van der Waals surface area contributed by atoms with Crippen LogP contribution < -0.4 is 0 Å². The van der Waals surface area contributed by atoms with Crippen LogP contribution in [-0.2, 0) is 12.8 Å². The summed E-state index contributed by atoms with van der Waals surface area (Å²) in [6.07, 6.45) is 0.360. The van der Waals surface area contributed by atoms with Crippen molar-refractivity contribution < 1.29 is 10.2 Å². The third kappa shape index (κ3) is 4.89. The number of aliphatic hydroxyl groups excluding tert-OH is 1. The average molecular weight is 521 g/mol. The number of aryl methyl sites for hydroxylation is 1. The number of aliphatic hydroxyl groups is 2. The first-order chi connectivity index (χ1) is 17.1. The molecule has 5 rings (SSSR count). The lowest BCUT2D eigenvalue weighted by molar-refractivity contribution is 0.0810. The summed E-state index contributed by atoms with van der Waals surface area (Å²) >= 11 is 8.21. The molecule has 2 aromatic carbocycles. The zero-order valence-electron chi connectivity index (χ0n) is 20.7. The first-order valence-electron chi connectivity index (χ1n) is 12.0. The van der Waals surface area contributed by atoms with Gasteiger partial charge in [0.2, 0.25) is 0 Å². The van der Waals surface area contributed by atoms with Crippen LogP contribution in [0.2, 0.25) is 5.02 Å². The van der Waals surface area contributed by atoms with Crippen molar-refractivity contribution in [3.8, 4) is 5.00 Å². The van der Waals surface area contributed by atoms with Crippen molar-refractivity contribution >= 4 is 28.6 Å². The highest BCUT2D eigenvalue weighted by atomic mass is 35.5. The highest BCUT2D eigenvalue weighted by Crippen LogP contribution is 2.38. The number of aliphatic imine (C=N–C) groups is 1. The van der Waals surface area contributed by atoms with Crippen molar-refractivity contribution in [3.05, 3.63) is 98.4 Å². The van der Waals surface area contributed by atoms with Gasteiger partial charge in [0.05, 0.1) is 17.4 Å². The number of fused-ring (bicyclic) bond motifs is 3. The molecule has 4 aromatic rings. The fraction of sp³-hybridized carbons (Fsp3) is 0.321. The van der Waals surface area contributed by atoms with E-state index in [1.54, 1.807) is 25.2 Å². The molecule has 0 spiro atoms. The summed E-state index contributed by atoms with van der Waals surface area (Å²) in [6, 6.07) is 17.5. The molecule has 6 nitrogen and oxygen atoms in total. The lowest BCUT2D eigenvalue weighted by Crippen LogP contribution is -2.21. The van der Waals surface area contributed by atoms with Gasteiger partial charge < -0.3 is 10.2 Å². The molecule has 0 amide bonds. The monoisotopic (exact) mass is 520 g/mol. The summed E-state index contributed by atoms with van der Waals surface area (Å²) in [5.74, 6) is 1.58. The molecule has 186 valence electrons. The van der Waals surface area contributed by atoms with Crippen molar-refractivity contribution in [1.82, 2.24) is 14.8 Å². The van der Waals surface area contributed by atoms with E-state index in [4.69, 9.17) is 16.6 Å². The van der Waals surface area contributed by atoms with Crippen LogP contribution in [0.4, 0.5) is 0 Å². The highest BCUT2D eigenvalue weighted by Gasteiger charge is 2.29. The summed E-state index contributed by atoms with van der Waals surface area (Å²) < 4.78 is 2.07. The minimum absolute atomic E-state index is 0.187. The highest BCUT2D eigenvalue weighted by molar-refractivity contribution is 7.15.